The average molecular weight is 392 g/mol. The largest absolute Gasteiger partial charge is 0.290 e. The summed E-state index contributed by atoms with van der Waals surface area (Å²) in [6.07, 6.45) is 1.44. The van der Waals surface area contributed by atoms with Crippen molar-refractivity contribution in [1.29, 1.82) is 0 Å². The normalized spacial score (nSPS) is 11.4. The van der Waals surface area contributed by atoms with Gasteiger partial charge in [-0.05, 0) is 47.0 Å². The van der Waals surface area contributed by atoms with E-state index in [2.05, 4.69) is 25.6 Å². The molecule has 7 nitrogen and oxygen atoms in total. The highest BCUT2D eigenvalue weighted by molar-refractivity contribution is 9.11. The number of hydrogen-bond acceptors (Lipinski definition) is 6. The highest BCUT2D eigenvalue weighted by Crippen LogP contribution is 2.30. The Morgan fingerprint density at radius 1 is 1.33 bits per heavy atom. The number of thiazole rings is 1. The molecule has 0 saturated carbocycles. The molecule has 0 spiro atoms. The van der Waals surface area contributed by atoms with Crippen LogP contribution in [0.2, 0.25) is 0 Å². The highest BCUT2D eigenvalue weighted by Gasteiger charge is 2.27. The third-order valence-electron chi connectivity index (χ3n) is 2.76. The number of nitrogens with zero attached hydrogens (tertiary/aromatic N) is 2. The Kier molecular flexibility index (Phi) is 4.30. The first-order chi connectivity index (χ1) is 9.70. The van der Waals surface area contributed by atoms with Gasteiger partial charge in [-0.1, -0.05) is 11.3 Å². The molecular weight excluding hydrogens is 382 g/mol. The summed E-state index contributed by atoms with van der Waals surface area (Å²) in [5.74, 6) is 0. The van der Waals surface area contributed by atoms with E-state index in [0.717, 1.165) is 11.3 Å². The topological polar surface area (TPSA) is 102 Å². The smallest absolute Gasteiger partial charge is 0.258 e. The van der Waals surface area contributed by atoms with E-state index >= 15 is 0 Å². The van der Waals surface area contributed by atoms with E-state index in [9.17, 15) is 18.5 Å². The molecule has 1 aromatic carbocycles. The molecule has 2 aromatic rings. The van der Waals surface area contributed by atoms with Crippen molar-refractivity contribution in [3.63, 3.8) is 0 Å². The molecule has 0 bridgehead atoms. The van der Waals surface area contributed by atoms with Crippen molar-refractivity contribution in [2.24, 2.45) is 0 Å². The van der Waals surface area contributed by atoms with Crippen LogP contribution in [0.4, 0.5) is 10.8 Å². The van der Waals surface area contributed by atoms with Crippen LogP contribution in [0.3, 0.4) is 0 Å². The van der Waals surface area contributed by atoms with Crippen molar-refractivity contribution < 1.29 is 13.3 Å². The molecule has 0 amide bonds. The lowest BCUT2D eigenvalue weighted by Gasteiger charge is -2.08. The van der Waals surface area contributed by atoms with E-state index in [1.165, 1.54) is 18.3 Å². The van der Waals surface area contributed by atoms with Gasteiger partial charge in [-0.3, -0.25) is 14.8 Å². The Hall–Kier alpha value is -1.52. The summed E-state index contributed by atoms with van der Waals surface area (Å²) in [5.41, 5.74) is 0.847. The van der Waals surface area contributed by atoms with E-state index in [1.54, 1.807) is 13.8 Å². The molecule has 0 fully saturated rings. The zero-order chi connectivity index (χ0) is 15.8. The number of sulfonamides is 1. The molecule has 10 heteroatoms. The number of nitrogens with one attached hydrogen (secondary N) is 1. The van der Waals surface area contributed by atoms with Crippen molar-refractivity contribution in [2.45, 2.75) is 18.7 Å². The molecule has 1 aromatic heterocycles. The fraction of sp³-hybridized carbons (Fsp3) is 0.182. The SMILES string of the molecule is Cc1cc([N+](=O)[O-])c(S(=O)(=O)Nc2ncc(Br)s2)cc1C. The molecule has 0 aliphatic carbocycles. The van der Waals surface area contributed by atoms with E-state index in [1.807, 2.05) is 0 Å². The first-order valence-corrected chi connectivity index (χ1v) is 8.70. The summed E-state index contributed by atoms with van der Waals surface area (Å²) < 4.78 is 27.6. The van der Waals surface area contributed by atoms with Crippen molar-refractivity contribution >= 4 is 48.1 Å². The van der Waals surface area contributed by atoms with Gasteiger partial charge < -0.3 is 0 Å². The van der Waals surface area contributed by atoms with Gasteiger partial charge in [0.1, 0.15) is 0 Å². The minimum absolute atomic E-state index is 0.134. The van der Waals surface area contributed by atoms with E-state index in [0.29, 0.717) is 14.9 Å². The van der Waals surface area contributed by atoms with Crippen LogP contribution in [-0.4, -0.2) is 18.3 Å². The standard InChI is InChI=1S/C11H10BrN3O4S2/c1-6-3-8(15(16)17)9(4-7(6)2)21(18,19)14-11-13-5-10(12)20-11/h3-5H,1-2H3,(H,13,14). The van der Waals surface area contributed by atoms with Gasteiger partial charge in [0, 0.05) is 6.07 Å². The number of rotatable bonds is 4. The number of anilines is 1. The number of aromatic nitrogens is 1. The second kappa shape index (κ2) is 5.70. The maximum Gasteiger partial charge on any atom is 0.290 e. The number of benzene rings is 1. The summed E-state index contributed by atoms with van der Waals surface area (Å²) in [6, 6.07) is 2.54. The molecule has 112 valence electrons. The van der Waals surface area contributed by atoms with Gasteiger partial charge in [0.2, 0.25) is 0 Å². The van der Waals surface area contributed by atoms with Crippen LogP contribution >= 0.6 is 27.3 Å². The average Bonchev–Trinajstić information content (AvgIpc) is 2.76. The summed E-state index contributed by atoms with van der Waals surface area (Å²) in [6.45, 7) is 3.38. The van der Waals surface area contributed by atoms with Gasteiger partial charge in [-0.15, -0.1) is 0 Å². The predicted octanol–water partition coefficient (Wildman–Crippen LogP) is 3.23. The van der Waals surface area contributed by atoms with Gasteiger partial charge in [0.05, 0.1) is 14.9 Å². The minimum atomic E-state index is -4.08. The lowest BCUT2D eigenvalue weighted by Crippen LogP contribution is -2.15. The highest BCUT2D eigenvalue weighted by atomic mass is 79.9. The Morgan fingerprint density at radius 2 is 1.95 bits per heavy atom. The zero-order valence-electron chi connectivity index (χ0n) is 11.0. The maximum atomic E-state index is 12.3. The van der Waals surface area contributed by atoms with Gasteiger partial charge in [-0.25, -0.2) is 13.4 Å². The molecule has 0 unspecified atom stereocenters. The van der Waals surface area contributed by atoms with Gasteiger partial charge >= 0.3 is 0 Å². The molecular formula is C11H10BrN3O4S2. The quantitative estimate of drug-likeness (QED) is 0.636. The van der Waals surface area contributed by atoms with Gasteiger partial charge in [0.15, 0.2) is 10.0 Å². The fourth-order valence-electron chi connectivity index (χ4n) is 1.60. The Bertz CT molecular complexity index is 817. The van der Waals surface area contributed by atoms with Crippen LogP contribution in [-0.2, 0) is 10.0 Å². The first-order valence-electron chi connectivity index (χ1n) is 5.60. The van der Waals surface area contributed by atoms with Crippen LogP contribution in [0, 0.1) is 24.0 Å². The van der Waals surface area contributed by atoms with Crippen molar-refractivity contribution in [1.82, 2.24) is 4.98 Å². The molecule has 0 atom stereocenters. The van der Waals surface area contributed by atoms with Gasteiger partial charge in [-0.2, -0.15) is 0 Å². The molecule has 0 aliphatic rings. The van der Waals surface area contributed by atoms with E-state index < -0.39 is 20.6 Å². The molecule has 21 heavy (non-hydrogen) atoms. The van der Waals surface area contributed by atoms with E-state index in [4.69, 9.17) is 0 Å². The lowest BCUT2D eigenvalue weighted by molar-refractivity contribution is -0.387. The summed E-state index contributed by atoms with van der Waals surface area (Å²) in [4.78, 5) is 13.9. The van der Waals surface area contributed by atoms with E-state index in [-0.39, 0.29) is 10.0 Å². The number of nitro benzene ring substituents is 1. The number of hydrogen-bond donors (Lipinski definition) is 1. The number of halogens is 1. The second-order valence-corrected chi connectivity index (χ2v) is 8.30. The third kappa shape index (κ3) is 3.39. The van der Waals surface area contributed by atoms with Crippen molar-refractivity contribution in [3.05, 3.63) is 43.4 Å². The van der Waals surface area contributed by atoms with Crippen molar-refractivity contribution in [2.75, 3.05) is 4.72 Å². The number of aryl methyl sites for hydroxylation is 2. The van der Waals surface area contributed by atoms with Crippen LogP contribution < -0.4 is 4.72 Å². The fourth-order valence-corrected chi connectivity index (χ4v) is 4.19. The first kappa shape index (κ1) is 15.9. The van der Waals surface area contributed by atoms with Gasteiger partial charge in [0.25, 0.3) is 15.7 Å². The Morgan fingerprint density at radius 3 is 2.48 bits per heavy atom. The third-order valence-corrected chi connectivity index (χ3v) is 5.65. The molecule has 0 saturated heterocycles. The number of nitro groups is 1. The Balaban J connectivity index is 2.53. The Labute approximate surface area is 133 Å². The summed E-state index contributed by atoms with van der Waals surface area (Å²) >= 11 is 4.24. The molecule has 1 N–H and O–H groups in total. The van der Waals surface area contributed by atoms with Crippen LogP contribution in [0.5, 0.6) is 0 Å². The van der Waals surface area contributed by atoms with Crippen LogP contribution in [0.25, 0.3) is 0 Å². The molecule has 1 heterocycles. The zero-order valence-corrected chi connectivity index (χ0v) is 14.2. The lowest BCUT2D eigenvalue weighted by atomic mass is 10.1. The van der Waals surface area contributed by atoms with Crippen LogP contribution in [0.1, 0.15) is 11.1 Å². The monoisotopic (exact) mass is 391 g/mol. The molecule has 0 radical (unpaired) electrons. The molecule has 2 rings (SSSR count). The van der Waals surface area contributed by atoms with Crippen molar-refractivity contribution in [3.8, 4) is 0 Å². The molecule has 0 aliphatic heterocycles. The maximum absolute atomic E-state index is 12.3. The minimum Gasteiger partial charge on any atom is -0.258 e. The summed E-state index contributed by atoms with van der Waals surface area (Å²) in [5, 5.41) is 11.2. The second-order valence-electron chi connectivity index (χ2n) is 4.24. The summed E-state index contributed by atoms with van der Waals surface area (Å²) in [7, 11) is -4.08. The predicted molar refractivity (Wildman–Crippen MR) is 83.2 cm³/mol. The van der Waals surface area contributed by atoms with Crippen LogP contribution in [0.15, 0.2) is 27.0 Å².